The van der Waals surface area contributed by atoms with E-state index < -0.39 is 10.0 Å². The van der Waals surface area contributed by atoms with Crippen LogP contribution in [0, 0.1) is 0 Å². The Hall–Kier alpha value is -1.24. The number of hydrogen-bond acceptors (Lipinski definition) is 4. The predicted octanol–water partition coefficient (Wildman–Crippen LogP) is 0.919. The lowest BCUT2D eigenvalue weighted by atomic mass is 10.1. The number of Topliss-reactive ketones (excluding diaryl/α,β-unsaturated/α-hetero) is 1. The predicted molar refractivity (Wildman–Crippen MR) is 72.7 cm³/mol. The highest BCUT2D eigenvalue weighted by atomic mass is 32.2. The number of carbonyl (C=O) groups excluding carboxylic acids is 1. The van der Waals surface area contributed by atoms with Gasteiger partial charge in [0.1, 0.15) is 0 Å². The molecule has 0 radical (unpaired) electrons. The summed E-state index contributed by atoms with van der Waals surface area (Å²) >= 11 is 0. The number of carbonyl (C=O) groups is 1. The minimum absolute atomic E-state index is 0.0350. The summed E-state index contributed by atoms with van der Waals surface area (Å²) in [6.07, 6.45) is 1.57. The molecule has 1 saturated heterocycles. The summed E-state index contributed by atoms with van der Waals surface area (Å²) in [6, 6.07) is 6.11. The molecule has 0 unspecified atom stereocenters. The van der Waals surface area contributed by atoms with Gasteiger partial charge in [0, 0.05) is 11.6 Å². The maximum atomic E-state index is 12.2. The Kier molecular flexibility index (Phi) is 4.34. The quantitative estimate of drug-likeness (QED) is 0.805. The van der Waals surface area contributed by atoms with E-state index >= 15 is 0 Å². The Morgan fingerprint density at radius 3 is 2.63 bits per heavy atom. The Balaban J connectivity index is 2.18. The van der Waals surface area contributed by atoms with Crippen molar-refractivity contribution in [2.45, 2.75) is 30.7 Å². The largest absolute Gasteiger partial charge is 0.317 e. The number of benzene rings is 1. The molecule has 1 heterocycles. The first-order valence-electron chi connectivity index (χ1n) is 6.33. The first-order valence-corrected chi connectivity index (χ1v) is 7.81. The van der Waals surface area contributed by atoms with Crippen molar-refractivity contribution in [2.75, 3.05) is 13.1 Å². The maximum absolute atomic E-state index is 12.2. The van der Waals surface area contributed by atoms with Crippen molar-refractivity contribution >= 4 is 15.8 Å². The van der Waals surface area contributed by atoms with Crippen LogP contribution in [0.4, 0.5) is 0 Å². The number of rotatable bonds is 4. The molecule has 0 aromatic heterocycles. The van der Waals surface area contributed by atoms with Crippen molar-refractivity contribution in [3.63, 3.8) is 0 Å². The molecule has 1 fully saturated rings. The van der Waals surface area contributed by atoms with Gasteiger partial charge in [0.2, 0.25) is 10.0 Å². The maximum Gasteiger partial charge on any atom is 0.240 e. The van der Waals surface area contributed by atoms with E-state index in [0.29, 0.717) is 5.56 Å². The van der Waals surface area contributed by atoms with Crippen molar-refractivity contribution in [3.8, 4) is 0 Å². The van der Waals surface area contributed by atoms with Gasteiger partial charge in [-0.15, -0.1) is 0 Å². The van der Waals surface area contributed by atoms with E-state index in [-0.39, 0.29) is 16.7 Å². The highest BCUT2D eigenvalue weighted by Crippen LogP contribution is 2.14. The smallest absolute Gasteiger partial charge is 0.240 e. The topological polar surface area (TPSA) is 75.3 Å². The van der Waals surface area contributed by atoms with Crippen LogP contribution in [0.3, 0.4) is 0 Å². The van der Waals surface area contributed by atoms with Gasteiger partial charge in [-0.25, -0.2) is 13.1 Å². The van der Waals surface area contributed by atoms with Crippen molar-refractivity contribution in [1.29, 1.82) is 0 Å². The lowest BCUT2D eigenvalue weighted by molar-refractivity contribution is 0.101. The number of sulfonamides is 1. The number of hydrogen-bond donors (Lipinski definition) is 2. The molecule has 1 aliphatic rings. The fourth-order valence-electron chi connectivity index (χ4n) is 2.11. The van der Waals surface area contributed by atoms with Gasteiger partial charge < -0.3 is 5.32 Å². The van der Waals surface area contributed by atoms with E-state index in [0.717, 1.165) is 25.9 Å². The molecule has 0 saturated carbocycles. The Morgan fingerprint density at radius 2 is 2.00 bits per heavy atom. The number of ketones is 1. The van der Waals surface area contributed by atoms with Crippen LogP contribution in [0.25, 0.3) is 0 Å². The molecule has 1 aromatic carbocycles. The molecule has 0 bridgehead atoms. The van der Waals surface area contributed by atoms with E-state index in [2.05, 4.69) is 10.0 Å². The molecule has 1 aliphatic heterocycles. The normalized spacial score (nSPS) is 17.3. The highest BCUT2D eigenvalue weighted by molar-refractivity contribution is 7.89. The van der Waals surface area contributed by atoms with Crippen molar-refractivity contribution in [1.82, 2.24) is 10.0 Å². The van der Waals surface area contributed by atoms with E-state index in [4.69, 9.17) is 0 Å². The monoisotopic (exact) mass is 282 g/mol. The van der Waals surface area contributed by atoms with E-state index in [9.17, 15) is 13.2 Å². The first kappa shape index (κ1) is 14.2. The molecule has 0 spiro atoms. The van der Waals surface area contributed by atoms with Crippen LogP contribution in [0.1, 0.15) is 30.1 Å². The summed E-state index contributed by atoms with van der Waals surface area (Å²) in [5, 5.41) is 3.18. The zero-order valence-corrected chi connectivity index (χ0v) is 11.7. The summed E-state index contributed by atoms with van der Waals surface area (Å²) in [7, 11) is -3.55. The molecular weight excluding hydrogens is 264 g/mol. The van der Waals surface area contributed by atoms with Crippen LogP contribution in [0.5, 0.6) is 0 Å². The molecule has 104 valence electrons. The first-order chi connectivity index (χ1) is 8.99. The average molecular weight is 282 g/mol. The van der Waals surface area contributed by atoms with Gasteiger partial charge >= 0.3 is 0 Å². The lowest BCUT2D eigenvalue weighted by Gasteiger charge is -2.23. The second-order valence-electron chi connectivity index (χ2n) is 4.73. The van der Waals surface area contributed by atoms with Crippen molar-refractivity contribution in [3.05, 3.63) is 29.8 Å². The van der Waals surface area contributed by atoms with Gasteiger partial charge in [-0.3, -0.25) is 4.79 Å². The van der Waals surface area contributed by atoms with Crippen molar-refractivity contribution < 1.29 is 13.2 Å². The van der Waals surface area contributed by atoms with Crippen LogP contribution in [0.15, 0.2) is 29.2 Å². The van der Waals surface area contributed by atoms with E-state index in [1.807, 2.05) is 0 Å². The zero-order valence-electron chi connectivity index (χ0n) is 10.8. The molecule has 0 aliphatic carbocycles. The summed E-state index contributed by atoms with van der Waals surface area (Å²) in [6.45, 7) is 3.06. The van der Waals surface area contributed by atoms with E-state index in [1.54, 1.807) is 12.1 Å². The minimum Gasteiger partial charge on any atom is -0.317 e. The van der Waals surface area contributed by atoms with Crippen LogP contribution in [0.2, 0.25) is 0 Å². The fourth-order valence-corrected chi connectivity index (χ4v) is 3.46. The standard InChI is InChI=1S/C13H18N2O3S/c1-10(16)11-3-2-4-13(9-11)19(17,18)15-12-5-7-14-8-6-12/h2-4,9,12,14-15H,5-8H2,1H3. The van der Waals surface area contributed by atoms with Crippen LogP contribution in [-0.4, -0.2) is 33.3 Å². The van der Waals surface area contributed by atoms with Crippen LogP contribution >= 0.6 is 0 Å². The van der Waals surface area contributed by atoms with Gasteiger partial charge in [-0.2, -0.15) is 0 Å². The van der Waals surface area contributed by atoms with Crippen LogP contribution in [-0.2, 0) is 10.0 Å². The van der Waals surface area contributed by atoms with Gasteiger partial charge in [0.15, 0.2) is 5.78 Å². The molecule has 0 amide bonds. The fraction of sp³-hybridized carbons (Fsp3) is 0.462. The SMILES string of the molecule is CC(=O)c1cccc(S(=O)(=O)NC2CCNCC2)c1. The molecule has 2 N–H and O–H groups in total. The average Bonchev–Trinajstić information content (AvgIpc) is 2.39. The minimum atomic E-state index is -3.55. The third-order valence-electron chi connectivity index (χ3n) is 3.21. The van der Waals surface area contributed by atoms with Crippen LogP contribution < -0.4 is 10.0 Å². The molecular formula is C13H18N2O3S. The second kappa shape index (κ2) is 5.81. The highest BCUT2D eigenvalue weighted by Gasteiger charge is 2.22. The molecule has 2 rings (SSSR count). The number of piperidine rings is 1. The summed E-state index contributed by atoms with van der Waals surface area (Å²) in [4.78, 5) is 11.4. The van der Waals surface area contributed by atoms with Gasteiger partial charge in [0.05, 0.1) is 4.90 Å². The second-order valence-corrected chi connectivity index (χ2v) is 6.44. The third kappa shape index (κ3) is 3.62. The van der Waals surface area contributed by atoms with Crippen molar-refractivity contribution in [2.24, 2.45) is 0 Å². The molecule has 1 aromatic rings. The Morgan fingerprint density at radius 1 is 1.32 bits per heavy atom. The molecule has 5 nitrogen and oxygen atoms in total. The Bertz CT molecular complexity index is 563. The molecule has 6 heteroatoms. The Labute approximate surface area is 113 Å². The van der Waals surface area contributed by atoms with Gasteiger partial charge in [0.25, 0.3) is 0 Å². The number of nitrogens with one attached hydrogen (secondary N) is 2. The van der Waals surface area contributed by atoms with Gasteiger partial charge in [-0.05, 0) is 45.0 Å². The third-order valence-corrected chi connectivity index (χ3v) is 4.73. The summed E-state index contributed by atoms with van der Waals surface area (Å²) in [5.41, 5.74) is 0.410. The summed E-state index contributed by atoms with van der Waals surface area (Å²) < 4.78 is 27.2. The lowest BCUT2D eigenvalue weighted by Crippen LogP contribution is -2.42. The zero-order chi connectivity index (χ0) is 13.9. The summed E-state index contributed by atoms with van der Waals surface area (Å²) in [5.74, 6) is -0.140. The molecule has 19 heavy (non-hydrogen) atoms. The van der Waals surface area contributed by atoms with E-state index in [1.165, 1.54) is 19.1 Å². The molecule has 0 atom stereocenters. The van der Waals surface area contributed by atoms with Gasteiger partial charge in [-0.1, -0.05) is 12.1 Å².